The zero-order valence-corrected chi connectivity index (χ0v) is 61.3. The summed E-state index contributed by atoms with van der Waals surface area (Å²) >= 11 is 7.98. The van der Waals surface area contributed by atoms with E-state index in [0.29, 0.717) is 75.4 Å². The summed E-state index contributed by atoms with van der Waals surface area (Å²) < 4.78 is 40.4. The van der Waals surface area contributed by atoms with Gasteiger partial charge in [0.25, 0.3) is 5.91 Å². The molecule has 25 heteroatoms. The number of hydrogen-bond acceptors (Lipinski definition) is 20. The molecular weight excluding hydrogens is 1300 g/mol. The number of aromatic carboxylic acids is 1. The fraction of sp³-hybridized carbons (Fsp3) is 0.472. The Hall–Kier alpha value is -7.32. The molecule has 3 saturated carbocycles. The molecule has 4 aliphatic rings. The lowest BCUT2D eigenvalue weighted by Crippen LogP contribution is -2.42. The quantitative estimate of drug-likeness (QED) is 0.0106. The molecule has 536 valence electrons. The third kappa shape index (κ3) is 33.7. The van der Waals surface area contributed by atoms with Crippen LogP contribution >= 0.6 is 35.7 Å². The van der Waals surface area contributed by atoms with E-state index in [0.717, 1.165) is 103 Å². The summed E-state index contributed by atoms with van der Waals surface area (Å²) in [5.74, 6) is 3.83. The summed E-state index contributed by atoms with van der Waals surface area (Å²) in [5, 5.41) is 21.7. The average molecular weight is 1410 g/mol. The Morgan fingerprint density at radius 2 is 1.07 bits per heavy atom. The second-order valence-electron chi connectivity index (χ2n) is 22.4. The number of benzene rings is 5. The number of aliphatic imine (C=N–C) groups is 1. The molecule has 1 aliphatic heterocycles. The van der Waals surface area contributed by atoms with Crippen LogP contribution in [0.2, 0.25) is 5.02 Å². The number of amides is 3. The Kier molecular flexibility index (Phi) is 45.0. The first-order valence-corrected chi connectivity index (χ1v) is 34.0. The van der Waals surface area contributed by atoms with E-state index in [-0.39, 0.29) is 23.5 Å². The summed E-state index contributed by atoms with van der Waals surface area (Å²) in [7, 11) is 12.0. The molecule has 0 radical (unpaired) electrons. The van der Waals surface area contributed by atoms with Crippen molar-refractivity contribution in [2.24, 2.45) is 28.5 Å². The standard InChI is InChI=1S/C16H24N2O4.C14H19NO3S.C11H15ClN2.C10H11NO4.C8H8O4S.C6H13N.C4H8.C3H6/c1-10-6-5-7-12(10)18-16(19)17-11-8-13(20-2)15(22-4)14(9-11)21-3;1-10-4-3-5-13(10)15-14(16)11-6-8-12(9-7-11)19-18-17-2;12-11-3-1-10(2-4-11)9-14-7-5-13-6-8-14;1-13-8-4-7(11-6-12)5-9(14-2)10(8)15-3;1-11-12-13-7-4-2-6(3-5-7)8(9)10;1-5-3-2-4-6(5)7;1-3-4-2;1-3-2/h8-10,12H,5-7H2,1-4H3,(H2,17,18,19);6-10,13H,3-5H2,1-2H3,(H,15,16);1-4,13H,5-9H2;4-5H,1-3H3;2-5H,1H3,(H,9,10);5-6H,2-4,7H2,1H3;3-4H,1-2H3;3H,1H2,2H3. The van der Waals surface area contributed by atoms with Gasteiger partial charge >= 0.3 is 12.0 Å². The van der Waals surface area contributed by atoms with E-state index in [4.69, 9.17) is 55.2 Å². The van der Waals surface area contributed by atoms with E-state index in [1.165, 1.54) is 91.4 Å². The minimum atomic E-state index is -0.941. The van der Waals surface area contributed by atoms with Gasteiger partial charge in [-0.05, 0) is 143 Å². The van der Waals surface area contributed by atoms with Crippen LogP contribution in [0.4, 0.5) is 16.2 Å². The maximum absolute atomic E-state index is 12.1. The molecule has 3 aliphatic carbocycles. The number of isocyanates is 1. The number of halogens is 1. The van der Waals surface area contributed by atoms with Crippen LogP contribution in [0.5, 0.6) is 34.5 Å². The van der Waals surface area contributed by atoms with Gasteiger partial charge in [-0.25, -0.2) is 24.2 Å². The van der Waals surface area contributed by atoms with Gasteiger partial charge < -0.3 is 60.5 Å². The molecule has 0 spiro atoms. The van der Waals surface area contributed by atoms with E-state index < -0.39 is 5.97 Å². The number of nitrogens with one attached hydrogen (secondary N) is 4. The van der Waals surface area contributed by atoms with Crippen molar-refractivity contribution in [3.05, 3.63) is 144 Å². The number of methoxy groups -OCH3 is 6. The monoisotopic (exact) mass is 1410 g/mol. The van der Waals surface area contributed by atoms with Gasteiger partial charge in [-0.1, -0.05) is 82.0 Å². The molecule has 97 heavy (non-hydrogen) atoms. The van der Waals surface area contributed by atoms with Crippen LogP contribution in [0, 0.1) is 17.8 Å². The number of anilines is 1. The van der Waals surface area contributed by atoms with Crippen LogP contribution in [-0.4, -0.2) is 135 Å². The van der Waals surface area contributed by atoms with Crippen molar-refractivity contribution >= 4 is 71.0 Å². The molecule has 22 nitrogen and oxygen atoms in total. The average Bonchev–Trinajstić information content (AvgIpc) is 1.46. The van der Waals surface area contributed by atoms with E-state index in [9.17, 15) is 19.2 Å². The number of carboxylic acids is 1. The summed E-state index contributed by atoms with van der Waals surface area (Å²) in [4.78, 5) is 61.3. The maximum atomic E-state index is 12.1. The lowest BCUT2D eigenvalue weighted by molar-refractivity contribution is -0.160. The third-order valence-corrected chi connectivity index (χ3v) is 17.1. The number of urea groups is 1. The fourth-order valence-electron chi connectivity index (χ4n) is 10.00. The van der Waals surface area contributed by atoms with E-state index in [1.807, 2.05) is 57.2 Å². The van der Waals surface area contributed by atoms with Crippen molar-refractivity contribution in [2.45, 2.75) is 134 Å². The Labute approximate surface area is 588 Å². The van der Waals surface area contributed by atoms with E-state index in [1.54, 1.807) is 75.9 Å². The smallest absolute Gasteiger partial charge is 0.335 e. The van der Waals surface area contributed by atoms with Gasteiger partial charge in [0.1, 0.15) is 0 Å². The maximum Gasteiger partial charge on any atom is 0.335 e. The minimum Gasteiger partial charge on any atom is -0.493 e. The van der Waals surface area contributed by atoms with Crippen molar-refractivity contribution in [3.8, 4) is 34.5 Å². The number of carbonyl (C=O) groups is 3. The minimum absolute atomic E-state index is 0.00274. The molecule has 5 aromatic rings. The number of nitrogens with two attached hydrogens (primary N) is 1. The second-order valence-corrected chi connectivity index (χ2v) is 24.4. The van der Waals surface area contributed by atoms with Crippen LogP contribution in [0.25, 0.3) is 0 Å². The fourth-order valence-corrected chi connectivity index (χ4v) is 10.9. The lowest BCUT2D eigenvalue weighted by Gasteiger charge is -2.27. The van der Waals surface area contributed by atoms with Gasteiger partial charge in [-0.15, -0.1) is 6.58 Å². The predicted octanol–water partition coefficient (Wildman–Crippen LogP) is 15.5. The number of carbonyl (C=O) groups excluding carboxylic acids is 3. The molecular formula is C72H104ClN7O15S2. The van der Waals surface area contributed by atoms with Crippen molar-refractivity contribution in [1.29, 1.82) is 0 Å². The first-order valence-electron chi connectivity index (χ1n) is 32.1. The topological polar surface area (TPSA) is 271 Å². The summed E-state index contributed by atoms with van der Waals surface area (Å²) in [5.41, 5.74) is 8.95. The highest BCUT2D eigenvalue weighted by Gasteiger charge is 2.27. The molecule has 7 N–H and O–H groups in total. The zero-order valence-electron chi connectivity index (χ0n) is 58.9. The summed E-state index contributed by atoms with van der Waals surface area (Å²) in [6, 6.07) is 29.1. The molecule has 5 aromatic carbocycles. The highest BCUT2D eigenvalue weighted by Crippen LogP contribution is 2.42. The van der Waals surface area contributed by atoms with Gasteiger partial charge in [0.2, 0.25) is 17.6 Å². The second kappa shape index (κ2) is 50.9. The normalized spacial score (nSPS) is 17.9. The third-order valence-electron chi connectivity index (χ3n) is 15.5. The number of allylic oxidation sites excluding steroid dienone is 3. The molecule has 0 aromatic heterocycles. The largest absolute Gasteiger partial charge is 0.493 e. The number of piperazine rings is 1. The number of carboxylic acid groups (broad SMARTS) is 1. The lowest BCUT2D eigenvalue weighted by atomic mass is 10.1. The van der Waals surface area contributed by atoms with Gasteiger partial charge in [-0.2, -0.15) is 13.7 Å². The van der Waals surface area contributed by atoms with Gasteiger partial charge in [0.15, 0.2) is 23.0 Å². The van der Waals surface area contributed by atoms with Crippen LogP contribution < -0.4 is 55.4 Å². The van der Waals surface area contributed by atoms with Gasteiger partial charge in [0, 0.05) is 95.5 Å². The van der Waals surface area contributed by atoms with Crippen molar-refractivity contribution < 1.29 is 71.1 Å². The van der Waals surface area contributed by atoms with Crippen LogP contribution in [-0.2, 0) is 29.8 Å². The Bertz CT molecular complexity index is 3040. The first kappa shape index (κ1) is 85.8. The summed E-state index contributed by atoms with van der Waals surface area (Å²) in [6.07, 6.45) is 18.0. The van der Waals surface area contributed by atoms with Crippen molar-refractivity contribution in [2.75, 3.05) is 88.4 Å². The molecule has 6 atom stereocenters. The number of rotatable bonds is 20. The molecule has 9 rings (SSSR count). The molecule has 6 unspecified atom stereocenters. The van der Waals surface area contributed by atoms with E-state index in [2.05, 4.69) is 84.8 Å². The van der Waals surface area contributed by atoms with E-state index >= 15 is 0 Å². The first-order chi connectivity index (χ1) is 46.8. The molecule has 4 fully saturated rings. The van der Waals surface area contributed by atoms with Crippen molar-refractivity contribution in [3.63, 3.8) is 0 Å². The number of nitrogens with zero attached hydrogens (tertiary/aromatic N) is 2. The van der Waals surface area contributed by atoms with Gasteiger partial charge in [0.05, 0.1) is 97.9 Å². The highest BCUT2D eigenvalue weighted by molar-refractivity contribution is 7.94. The molecule has 0 bridgehead atoms. The molecule has 3 amide bonds. The number of ether oxygens (including phenoxy) is 6. The van der Waals surface area contributed by atoms with Crippen molar-refractivity contribution in [1.82, 2.24) is 20.9 Å². The van der Waals surface area contributed by atoms with Crippen LogP contribution in [0.3, 0.4) is 0 Å². The van der Waals surface area contributed by atoms with Crippen LogP contribution in [0.1, 0.15) is 126 Å². The number of hydrogen-bond donors (Lipinski definition) is 6. The highest BCUT2D eigenvalue weighted by atomic mass is 35.5. The summed E-state index contributed by atoms with van der Waals surface area (Å²) in [6.45, 7) is 21.4. The molecule has 1 saturated heterocycles. The Morgan fingerprint density at radius 3 is 1.43 bits per heavy atom. The Balaban J connectivity index is 0.000000396. The molecule has 1 heterocycles. The SMILES string of the molecule is C=CC.CC1CCCC1N.CC=CC.COOSc1ccc(C(=O)NC2CCCC2C)cc1.COOSc1ccc(C(=O)O)cc1.COc1cc(N=C=O)cc(OC)c1OC.COc1cc(NC(=O)NC2CCCC2C)cc(OC)c1OC.Clc1ccc(CN2CCNCC2)cc1. The van der Waals surface area contributed by atoms with Gasteiger partial charge in [-0.3, -0.25) is 9.69 Å². The Morgan fingerprint density at radius 1 is 0.639 bits per heavy atom. The predicted molar refractivity (Wildman–Crippen MR) is 388 cm³/mol. The van der Waals surface area contributed by atoms with Crippen LogP contribution in [0.15, 0.2) is 137 Å². The zero-order chi connectivity index (χ0) is 71.9.